The maximum Gasteiger partial charge on any atom is 0.416 e. The molecule has 5 nitrogen and oxygen atoms in total. The van der Waals surface area contributed by atoms with Crippen molar-refractivity contribution in [3.63, 3.8) is 0 Å². The van der Waals surface area contributed by atoms with Gasteiger partial charge in [0, 0.05) is 12.7 Å². The Labute approximate surface area is 194 Å². The van der Waals surface area contributed by atoms with Gasteiger partial charge in [0.2, 0.25) is 0 Å². The van der Waals surface area contributed by atoms with Gasteiger partial charge in [-0.05, 0) is 59.7 Å². The van der Waals surface area contributed by atoms with E-state index in [1.54, 1.807) is 68.8 Å². The predicted molar refractivity (Wildman–Crippen MR) is 122 cm³/mol. The third-order valence-electron chi connectivity index (χ3n) is 5.68. The van der Waals surface area contributed by atoms with Gasteiger partial charge < -0.3 is 10.1 Å². The molecule has 1 aliphatic heterocycles. The number of ketones is 1. The molecule has 1 saturated heterocycles. The normalized spacial score (nSPS) is 17.7. The summed E-state index contributed by atoms with van der Waals surface area (Å²) in [7, 11) is 3.19. The van der Waals surface area contributed by atoms with Gasteiger partial charge in [-0.1, -0.05) is 30.3 Å². The number of alkyl halides is 3. The Morgan fingerprint density at radius 2 is 1.53 bits per heavy atom. The number of carbonyl (C=O) groups excluding carboxylic acids is 2. The maximum absolute atomic E-state index is 13.3. The van der Waals surface area contributed by atoms with E-state index in [0.717, 1.165) is 12.1 Å². The number of carbonyl (C=O) groups is 2. The van der Waals surface area contributed by atoms with Crippen molar-refractivity contribution in [1.29, 1.82) is 0 Å². The summed E-state index contributed by atoms with van der Waals surface area (Å²) in [6, 6.07) is 19.3. The molecule has 8 heteroatoms. The van der Waals surface area contributed by atoms with Gasteiger partial charge in [-0.3, -0.25) is 14.5 Å². The van der Waals surface area contributed by atoms with Crippen molar-refractivity contribution >= 4 is 23.1 Å². The number of nitrogens with zero attached hydrogens (tertiary/aromatic N) is 1. The minimum absolute atomic E-state index is 0.195. The molecule has 1 atom stereocenters. The molecule has 1 amide bonds. The zero-order valence-electron chi connectivity index (χ0n) is 18.4. The Morgan fingerprint density at radius 3 is 2.06 bits per heavy atom. The van der Waals surface area contributed by atoms with Gasteiger partial charge in [0.25, 0.3) is 11.7 Å². The van der Waals surface area contributed by atoms with Crippen LogP contribution in [0.5, 0.6) is 5.75 Å². The fourth-order valence-corrected chi connectivity index (χ4v) is 4.07. The Kier molecular flexibility index (Phi) is 6.15. The van der Waals surface area contributed by atoms with E-state index in [4.69, 9.17) is 4.74 Å². The quantitative estimate of drug-likeness (QED) is 0.425. The molecule has 3 aromatic carbocycles. The third-order valence-corrected chi connectivity index (χ3v) is 5.68. The largest absolute Gasteiger partial charge is 0.497 e. The van der Waals surface area contributed by atoms with E-state index in [9.17, 15) is 22.8 Å². The van der Waals surface area contributed by atoms with E-state index in [-0.39, 0.29) is 11.3 Å². The smallest absolute Gasteiger partial charge is 0.416 e. The molecule has 1 N–H and O–H groups in total. The first-order valence-electron chi connectivity index (χ1n) is 10.4. The number of nitrogens with one attached hydrogen (secondary N) is 1. The minimum Gasteiger partial charge on any atom is -0.497 e. The van der Waals surface area contributed by atoms with Gasteiger partial charge in [-0.25, -0.2) is 0 Å². The number of ether oxygens (including phenoxy) is 1. The number of methoxy groups -OCH3 is 1. The second-order valence-electron chi connectivity index (χ2n) is 7.63. The highest BCUT2D eigenvalue weighted by molar-refractivity contribution is 6.52. The van der Waals surface area contributed by atoms with Crippen LogP contribution in [0.25, 0.3) is 5.70 Å². The molecule has 0 spiro atoms. The Morgan fingerprint density at radius 1 is 0.912 bits per heavy atom. The van der Waals surface area contributed by atoms with Crippen LogP contribution >= 0.6 is 0 Å². The van der Waals surface area contributed by atoms with Crippen molar-refractivity contribution < 1.29 is 27.5 Å². The molecule has 1 fully saturated rings. The number of benzene rings is 3. The summed E-state index contributed by atoms with van der Waals surface area (Å²) < 4.78 is 44.4. The van der Waals surface area contributed by atoms with E-state index in [0.29, 0.717) is 22.6 Å². The molecular formula is C26H21F3N2O3. The van der Waals surface area contributed by atoms with Crippen molar-refractivity contribution in [2.45, 2.75) is 12.2 Å². The highest BCUT2D eigenvalue weighted by Crippen LogP contribution is 2.42. The van der Waals surface area contributed by atoms with E-state index in [1.165, 1.54) is 17.0 Å². The molecule has 1 heterocycles. The summed E-state index contributed by atoms with van der Waals surface area (Å²) in [6.45, 7) is 0. The van der Waals surface area contributed by atoms with Gasteiger partial charge in [-0.15, -0.1) is 0 Å². The number of halogens is 3. The third kappa shape index (κ3) is 4.14. The fourth-order valence-electron chi connectivity index (χ4n) is 4.07. The zero-order valence-corrected chi connectivity index (χ0v) is 18.4. The van der Waals surface area contributed by atoms with E-state index < -0.39 is 29.5 Å². The lowest BCUT2D eigenvalue weighted by Crippen LogP contribution is -2.29. The molecule has 0 saturated carbocycles. The van der Waals surface area contributed by atoms with Crippen LogP contribution in [0.15, 0.2) is 84.4 Å². The number of Topliss-reactive ketones (excluding diaryl/α,β-unsaturated/α-hetero) is 1. The lowest BCUT2D eigenvalue weighted by atomic mass is 9.94. The molecule has 0 radical (unpaired) electrons. The first-order chi connectivity index (χ1) is 16.3. The highest BCUT2D eigenvalue weighted by Gasteiger charge is 2.46. The molecular weight excluding hydrogens is 445 g/mol. The van der Waals surface area contributed by atoms with Crippen LogP contribution in [0, 0.1) is 0 Å². The van der Waals surface area contributed by atoms with Gasteiger partial charge in [0.1, 0.15) is 5.75 Å². The van der Waals surface area contributed by atoms with Crippen molar-refractivity contribution in [3.05, 3.63) is 101 Å². The van der Waals surface area contributed by atoms with E-state index in [1.807, 2.05) is 0 Å². The summed E-state index contributed by atoms with van der Waals surface area (Å²) in [6.07, 6.45) is -4.51. The summed E-state index contributed by atoms with van der Waals surface area (Å²) in [5, 5.41) is 3.04. The molecule has 1 aliphatic rings. The van der Waals surface area contributed by atoms with Gasteiger partial charge >= 0.3 is 6.18 Å². The first-order valence-corrected chi connectivity index (χ1v) is 10.4. The van der Waals surface area contributed by atoms with Crippen LogP contribution in [-0.4, -0.2) is 25.8 Å². The van der Waals surface area contributed by atoms with Crippen LogP contribution in [0.1, 0.15) is 22.7 Å². The topological polar surface area (TPSA) is 58.6 Å². The second-order valence-corrected chi connectivity index (χ2v) is 7.63. The average Bonchev–Trinajstić information content (AvgIpc) is 3.11. The van der Waals surface area contributed by atoms with Gasteiger partial charge in [-0.2, -0.15) is 13.2 Å². The van der Waals surface area contributed by atoms with Crippen molar-refractivity contribution in [2.75, 3.05) is 19.1 Å². The summed E-state index contributed by atoms with van der Waals surface area (Å²) in [4.78, 5) is 27.8. The van der Waals surface area contributed by atoms with Crippen LogP contribution in [0.3, 0.4) is 0 Å². The van der Waals surface area contributed by atoms with Gasteiger partial charge in [0.05, 0.1) is 30.0 Å². The summed E-state index contributed by atoms with van der Waals surface area (Å²) >= 11 is 0. The predicted octanol–water partition coefficient (Wildman–Crippen LogP) is 5.00. The molecule has 3 aromatic rings. The van der Waals surface area contributed by atoms with Crippen LogP contribution in [0.4, 0.5) is 18.9 Å². The number of hydrogen-bond acceptors (Lipinski definition) is 4. The summed E-state index contributed by atoms with van der Waals surface area (Å²) in [5.41, 5.74) is 1.33. The molecule has 174 valence electrons. The lowest BCUT2D eigenvalue weighted by Gasteiger charge is -2.26. The zero-order chi connectivity index (χ0) is 24.5. The number of anilines is 1. The van der Waals surface area contributed by atoms with Crippen LogP contribution in [-0.2, 0) is 15.8 Å². The number of amides is 1. The van der Waals surface area contributed by atoms with Crippen LogP contribution < -0.4 is 15.0 Å². The first kappa shape index (κ1) is 23.1. The molecule has 1 unspecified atom stereocenters. The molecule has 4 rings (SSSR count). The monoisotopic (exact) mass is 466 g/mol. The van der Waals surface area contributed by atoms with E-state index >= 15 is 0 Å². The maximum atomic E-state index is 13.3. The Balaban J connectivity index is 1.90. The van der Waals surface area contributed by atoms with Crippen molar-refractivity contribution in [1.82, 2.24) is 5.32 Å². The number of hydrogen-bond donors (Lipinski definition) is 1. The van der Waals surface area contributed by atoms with E-state index in [2.05, 4.69) is 5.32 Å². The Hall–Kier alpha value is -4.07. The van der Waals surface area contributed by atoms with Crippen molar-refractivity contribution in [3.8, 4) is 5.75 Å². The fraction of sp³-hybridized carbons (Fsp3) is 0.154. The molecule has 0 aromatic heterocycles. The summed E-state index contributed by atoms with van der Waals surface area (Å²) in [5.74, 6) is -0.914. The molecule has 0 aliphatic carbocycles. The minimum atomic E-state index is -4.51. The molecule has 34 heavy (non-hydrogen) atoms. The second kappa shape index (κ2) is 9.05. The SMILES string of the molecule is CN/C(=C1\C(=O)C(=O)N(c2ccc(C(F)(F)F)cc2)C1c1ccccc1)c1ccc(OC)cc1. The highest BCUT2D eigenvalue weighted by atomic mass is 19.4. The van der Waals surface area contributed by atoms with Crippen molar-refractivity contribution in [2.24, 2.45) is 0 Å². The Bertz CT molecular complexity index is 1240. The number of rotatable bonds is 5. The lowest BCUT2D eigenvalue weighted by molar-refractivity contribution is -0.137. The standard InChI is InChI=1S/C26H21F3N2O3/c1-30-22(16-8-14-20(34-2)15-9-16)21-23(17-6-4-3-5-7-17)31(25(33)24(21)32)19-12-10-18(11-13-19)26(27,28)29/h3-15,23,30H,1-2H3/b22-21-. The van der Waals surface area contributed by atoms with Crippen LogP contribution in [0.2, 0.25) is 0 Å². The molecule has 0 bridgehead atoms. The average molecular weight is 466 g/mol. The van der Waals surface area contributed by atoms with Gasteiger partial charge in [0.15, 0.2) is 0 Å².